The maximum Gasteiger partial charge on any atom is 0.264 e. The van der Waals surface area contributed by atoms with Crippen molar-refractivity contribution >= 4 is 38.1 Å². The highest BCUT2D eigenvalue weighted by atomic mass is 35.5. The van der Waals surface area contributed by atoms with E-state index in [1.165, 1.54) is 6.26 Å². The van der Waals surface area contributed by atoms with Gasteiger partial charge < -0.3 is 5.32 Å². The number of amides is 1. The first-order valence-electron chi connectivity index (χ1n) is 13.0. The minimum atomic E-state index is -3.20. The minimum Gasteiger partial charge on any atom is -0.344 e. The van der Waals surface area contributed by atoms with Crippen molar-refractivity contribution < 1.29 is 13.2 Å². The van der Waals surface area contributed by atoms with Crippen LogP contribution < -0.4 is 10.9 Å². The van der Waals surface area contributed by atoms with E-state index in [2.05, 4.69) is 10.3 Å². The lowest BCUT2D eigenvalue weighted by molar-refractivity contribution is 0.0937. The number of benzene rings is 3. The van der Waals surface area contributed by atoms with E-state index >= 15 is 0 Å². The Balaban J connectivity index is 1.52. The van der Waals surface area contributed by atoms with Crippen molar-refractivity contribution in [2.24, 2.45) is 0 Å². The maximum absolute atomic E-state index is 13.7. The Morgan fingerprint density at radius 1 is 0.976 bits per heavy atom. The summed E-state index contributed by atoms with van der Waals surface area (Å²) >= 11 is 6.42. The summed E-state index contributed by atoms with van der Waals surface area (Å²) in [5, 5.41) is 4.49. The highest BCUT2D eigenvalue weighted by molar-refractivity contribution is 7.89. The molecule has 0 bridgehead atoms. The van der Waals surface area contributed by atoms with Crippen molar-refractivity contribution in [3.63, 3.8) is 0 Å². The fourth-order valence-electron chi connectivity index (χ4n) is 4.91. The fraction of sp³-hybridized carbons (Fsp3) is 0.156. The molecule has 0 unspecified atom stereocenters. The van der Waals surface area contributed by atoms with Crippen LogP contribution in [0.25, 0.3) is 27.6 Å². The zero-order valence-corrected chi connectivity index (χ0v) is 24.3. The van der Waals surface area contributed by atoms with Gasteiger partial charge in [0, 0.05) is 29.4 Å². The third kappa shape index (κ3) is 6.09. The molecule has 2 aromatic heterocycles. The molecular weight excluding hydrogens is 558 g/mol. The number of rotatable bonds is 7. The molecular formula is C32H28ClN3O4S. The van der Waals surface area contributed by atoms with Gasteiger partial charge in [0.05, 0.1) is 33.5 Å². The Bertz CT molecular complexity index is 1950. The van der Waals surface area contributed by atoms with Gasteiger partial charge in [0.25, 0.3) is 11.5 Å². The molecule has 0 saturated carbocycles. The lowest BCUT2D eigenvalue weighted by atomic mass is 10.0. The smallest absolute Gasteiger partial charge is 0.264 e. The number of fused-ring (bicyclic) bond motifs is 1. The van der Waals surface area contributed by atoms with Gasteiger partial charge in [-0.3, -0.25) is 19.1 Å². The van der Waals surface area contributed by atoms with Crippen molar-refractivity contribution in [3.05, 3.63) is 129 Å². The van der Waals surface area contributed by atoms with Crippen LogP contribution in [0.1, 0.15) is 40.3 Å². The normalized spacial score (nSPS) is 12.3. The zero-order chi connectivity index (χ0) is 29.3. The Morgan fingerprint density at radius 2 is 1.71 bits per heavy atom. The highest BCUT2D eigenvalue weighted by Crippen LogP contribution is 2.27. The van der Waals surface area contributed by atoms with Crippen LogP contribution >= 0.6 is 11.6 Å². The number of hydrogen-bond donors (Lipinski definition) is 1. The Labute approximate surface area is 243 Å². The second-order valence-corrected chi connectivity index (χ2v) is 12.6. The van der Waals surface area contributed by atoms with Crippen LogP contribution in [0.4, 0.5) is 0 Å². The predicted octanol–water partition coefficient (Wildman–Crippen LogP) is 6.05. The standard InChI is InChI=1S/C32H28ClN3O4S/c1-20-27(16-25(18-34-20)23-10-7-9-22(15-23)19-41(3,39)40)31(37)35-21(2)29-17-24-11-8-14-28(33)30(24)32(38)36(29)26-12-5-4-6-13-26/h4-18,21H,19H2,1-3H3,(H,35,37)/t21-/m0/s1. The van der Waals surface area contributed by atoms with Gasteiger partial charge in [-0.2, -0.15) is 0 Å². The van der Waals surface area contributed by atoms with Crippen LogP contribution in [0.3, 0.4) is 0 Å². The van der Waals surface area contributed by atoms with Crippen LogP contribution in [-0.2, 0) is 15.6 Å². The third-order valence-corrected chi connectivity index (χ3v) is 8.02. The zero-order valence-electron chi connectivity index (χ0n) is 22.8. The lowest BCUT2D eigenvalue weighted by Crippen LogP contribution is -2.32. The van der Waals surface area contributed by atoms with Gasteiger partial charge in [-0.05, 0) is 60.7 Å². The molecule has 0 aliphatic carbocycles. The topological polar surface area (TPSA) is 98.1 Å². The molecule has 0 spiro atoms. The number of carbonyl (C=O) groups is 1. The monoisotopic (exact) mass is 585 g/mol. The number of pyridine rings is 2. The quantitative estimate of drug-likeness (QED) is 0.251. The lowest BCUT2D eigenvalue weighted by Gasteiger charge is -2.21. The maximum atomic E-state index is 13.7. The first kappa shape index (κ1) is 28.3. The summed E-state index contributed by atoms with van der Waals surface area (Å²) in [6, 6.07) is 24.8. The molecule has 1 N–H and O–H groups in total. The van der Waals surface area contributed by atoms with E-state index in [1.54, 1.807) is 54.1 Å². The second kappa shape index (κ2) is 11.3. The average molecular weight is 586 g/mol. The number of aromatic nitrogens is 2. The average Bonchev–Trinajstić information content (AvgIpc) is 2.92. The second-order valence-electron chi connectivity index (χ2n) is 10.1. The molecule has 0 saturated heterocycles. The summed E-state index contributed by atoms with van der Waals surface area (Å²) in [5.41, 5.74) is 3.99. The van der Waals surface area contributed by atoms with E-state index < -0.39 is 15.9 Å². The number of nitrogens with zero attached hydrogens (tertiary/aromatic N) is 2. The Kier molecular flexibility index (Phi) is 7.80. The van der Waals surface area contributed by atoms with Crippen LogP contribution in [0, 0.1) is 6.92 Å². The molecule has 41 heavy (non-hydrogen) atoms. The largest absolute Gasteiger partial charge is 0.344 e. The summed E-state index contributed by atoms with van der Waals surface area (Å²) in [7, 11) is -3.20. The number of halogens is 1. The number of hydrogen-bond acceptors (Lipinski definition) is 5. The number of nitrogens with one attached hydrogen (secondary N) is 1. The predicted molar refractivity (Wildman–Crippen MR) is 163 cm³/mol. The van der Waals surface area contributed by atoms with Crippen molar-refractivity contribution in [2.45, 2.75) is 25.6 Å². The van der Waals surface area contributed by atoms with E-state index in [-0.39, 0.29) is 17.2 Å². The molecule has 2 heterocycles. The van der Waals surface area contributed by atoms with Crippen molar-refractivity contribution in [1.29, 1.82) is 0 Å². The molecule has 0 fully saturated rings. The van der Waals surface area contributed by atoms with Gasteiger partial charge >= 0.3 is 0 Å². The molecule has 1 amide bonds. The van der Waals surface area contributed by atoms with E-state index in [0.717, 1.165) is 5.56 Å². The first-order chi connectivity index (χ1) is 19.5. The molecule has 5 aromatic rings. The Morgan fingerprint density at radius 3 is 2.44 bits per heavy atom. The van der Waals surface area contributed by atoms with E-state index in [4.69, 9.17) is 11.6 Å². The molecule has 3 aromatic carbocycles. The number of carbonyl (C=O) groups excluding carboxylic acids is 1. The van der Waals surface area contributed by atoms with E-state index in [9.17, 15) is 18.0 Å². The molecule has 208 valence electrons. The van der Waals surface area contributed by atoms with Crippen molar-refractivity contribution in [1.82, 2.24) is 14.9 Å². The molecule has 0 radical (unpaired) electrons. The third-order valence-electron chi connectivity index (χ3n) is 6.85. The van der Waals surface area contributed by atoms with Crippen LogP contribution in [0.5, 0.6) is 0 Å². The summed E-state index contributed by atoms with van der Waals surface area (Å²) in [6.45, 7) is 3.57. The van der Waals surface area contributed by atoms with Gasteiger partial charge in [0.1, 0.15) is 0 Å². The van der Waals surface area contributed by atoms with Gasteiger partial charge in [-0.1, -0.05) is 66.2 Å². The summed E-state index contributed by atoms with van der Waals surface area (Å²) in [6.07, 6.45) is 2.85. The number of para-hydroxylation sites is 1. The molecule has 0 aliphatic heterocycles. The summed E-state index contributed by atoms with van der Waals surface area (Å²) < 4.78 is 25.2. The van der Waals surface area contributed by atoms with Gasteiger partial charge in [-0.15, -0.1) is 0 Å². The highest BCUT2D eigenvalue weighted by Gasteiger charge is 2.21. The number of sulfone groups is 1. The van der Waals surface area contributed by atoms with Crippen LogP contribution in [0.2, 0.25) is 5.02 Å². The van der Waals surface area contributed by atoms with Crippen LogP contribution in [0.15, 0.2) is 95.9 Å². The minimum absolute atomic E-state index is 0.0783. The molecule has 5 rings (SSSR count). The van der Waals surface area contributed by atoms with Crippen molar-refractivity contribution in [2.75, 3.05) is 6.26 Å². The van der Waals surface area contributed by atoms with E-state index in [0.29, 0.717) is 49.6 Å². The van der Waals surface area contributed by atoms with Gasteiger partial charge in [0.2, 0.25) is 0 Å². The summed E-state index contributed by atoms with van der Waals surface area (Å²) in [4.78, 5) is 31.8. The van der Waals surface area contributed by atoms with Crippen LogP contribution in [-0.4, -0.2) is 30.1 Å². The Hall–Kier alpha value is -4.27. The summed E-state index contributed by atoms with van der Waals surface area (Å²) in [5.74, 6) is -0.430. The van der Waals surface area contributed by atoms with Gasteiger partial charge in [0.15, 0.2) is 9.84 Å². The SMILES string of the molecule is Cc1ncc(-c2cccc(CS(C)(=O)=O)c2)cc1C(=O)N[C@@H](C)c1cc2cccc(Cl)c2c(=O)n1-c1ccccc1. The number of aryl methyl sites for hydroxylation is 1. The fourth-order valence-corrected chi connectivity index (χ4v) is 5.96. The van der Waals surface area contributed by atoms with Gasteiger partial charge in [-0.25, -0.2) is 8.42 Å². The van der Waals surface area contributed by atoms with E-state index in [1.807, 2.05) is 55.5 Å². The van der Waals surface area contributed by atoms with Crippen molar-refractivity contribution in [3.8, 4) is 16.8 Å². The molecule has 1 atom stereocenters. The molecule has 0 aliphatic rings. The first-order valence-corrected chi connectivity index (χ1v) is 15.4. The molecule has 7 nitrogen and oxygen atoms in total. The molecule has 9 heteroatoms.